The summed E-state index contributed by atoms with van der Waals surface area (Å²) >= 11 is 0. The Hall–Kier alpha value is -3.52. The Morgan fingerprint density at radius 2 is 1.88 bits per heavy atom. The van der Waals surface area contributed by atoms with Gasteiger partial charge in [0.25, 0.3) is 5.91 Å². The number of carbonyl (C=O) groups excluding carboxylic acids is 2. The van der Waals surface area contributed by atoms with Crippen LogP contribution in [0.1, 0.15) is 36.3 Å². The van der Waals surface area contributed by atoms with Crippen LogP contribution in [0.4, 0.5) is 0 Å². The number of esters is 1. The van der Waals surface area contributed by atoms with Crippen LogP contribution in [0.5, 0.6) is 0 Å². The number of hydrogen-bond acceptors (Lipinski definition) is 6. The largest absolute Gasteiger partial charge is 0.436 e. The Morgan fingerprint density at radius 3 is 2.52 bits per heavy atom. The van der Waals surface area contributed by atoms with Crippen LogP contribution in [0.2, 0.25) is 0 Å². The molecule has 1 aliphatic rings. The second kappa shape index (κ2) is 9.54. The lowest BCUT2D eigenvalue weighted by atomic mass is 9.82. The number of carbonyl (C=O) groups is 2. The number of aromatic nitrogens is 3. The molecule has 0 spiro atoms. The summed E-state index contributed by atoms with van der Waals surface area (Å²) in [4.78, 5) is 25.4. The van der Waals surface area contributed by atoms with E-state index in [0.717, 1.165) is 16.7 Å². The minimum Gasteiger partial charge on any atom is -0.436 e. The molecule has 1 saturated heterocycles. The molecule has 0 saturated carbocycles. The van der Waals surface area contributed by atoms with Crippen molar-refractivity contribution in [1.82, 2.24) is 20.3 Å². The lowest BCUT2D eigenvalue weighted by Gasteiger charge is -2.36. The van der Waals surface area contributed by atoms with Crippen molar-refractivity contribution in [3.8, 4) is 11.1 Å². The number of hydrogen-bond donors (Lipinski definition) is 1. The zero-order valence-electron chi connectivity index (χ0n) is 19.0. The van der Waals surface area contributed by atoms with Crippen LogP contribution < -0.4 is 5.32 Å². The highest BCUT2D eigenvalue weighted by atomic mass is 16.7. The molecule has 1 N–H and O–H groups in total. The molecule has 8 heteroatoms. The van der Waals surface area contributed by atoms with Gasteiger partial charge in [-0.1, -0.05) is 59.8 Å². The van der Waals surface area contributed by atoms with E-state index in [0.29, 0.717) is 12.8 Å². The fourth-order valence-electron chi connectivity index (χ4n) is 4.01. The summed E-state index contributed by atoms with van der Waals surface area (Å²) in [7, 11) is 1.70. The van der Waals surface area contributed by atoms with Crippen LogP contribution >= 0.6 is 0 Å². The predicted octanol–water partition coefficient (Wildman–Crippen LogP) is 3.14. The third kappa shape index (κ3) is 5.46. The molecule has 0 aliphatic carbocycles. The number of amides is 1. The summed E-state index contributed by atoms with van der Waals surface area (Å²) in [6, 6.07) is 18.0. The monoisotopic (exact) mass is 448 g/mol. The van der Waals surface area contributed by atoms with E-state index in [1.165, 1.54) is 4.68 Å². The number of benzene rings is 2. The number of ether oxygens (including phenoxy) is 2. The van der Waals surface area contributed by atoms with Gasteiger partial charge in [-0.05, 0) is 43.4 Å². The quantitative estimate of drug-likeness (QED) is 0.558. The van der Waals surface area contributed by atoms with Gasteiger partial charge < -0.3 is 14.8 Å². The smallest absolute Gasteiger partial charge is 0.316 e. The molecule has 2 aromatic carbocycles. The van der Waals surface area contributed by atoms with Crippen LogP contribution in [0, 0.1) is 5.41 Å². The van der Waals surface area contributed by atoms with Gasteiger partial charge in [0, 0.05) is 13.1 Å². The van der Waals surface area contributed by atoms with E-state index < -0.39 is 11.7 Å². The SMILES string of the molecule is C[C@@H]1OC[C@](C)(CC(Cc2ccc(-c3ccccc3)cc2)NC(=O)c2cn(C)nn2)C(=O)O1. The van der Waals surface area contributed by atoms with Crippen molar-refractivity contribution in [3.05, 3.63) is 72.1 Å². The fraction of sp³-hybridized carbons (Fsp3) is 0.360. The standard InChI is InChI=1S/C25H28N4O4/c1-17-32-16-25(2,24(31)33-17)14-21(26-23(30)22-15-29(3)28-27-22)13-18-9-11-20(12-10-18)19-7-5-4-6-8-19/h4-12,15,17,21H,13-14,16H2,1-3H3,(H,26,30)/t17-,21?,25+/m1/s1. The Bertz CT molecular complexity index is 1110. The third-order valence-corrected chi connectivity index (χ3v) is 5.81. The van der Waals surface area contributed by atoms with Crippen molar-refractivity contribution in [1.29, 1.82) is 0 Å². The summed E-state index contributed by atoms with van der Waals surface area (Å²) in [5.74, 6) is -0.657. The van der Waals surface area contributed by atoms with Gasteiger partial charge in [0.2, 0.25) is 0 Å². The normalized spacial score (nSPS) is 21.3. The van der Waals surface area contributed by atoms with Crippen molar-refractivity contribution in [2.24, 2.45) is 12.5 Å². The van der Waals surface area contributed by atoms with Gasteiger partial charge in [-0.25, -0.2) is 0 Å². The highest BCUT2D eigenvalue weighted by Gasteiger charge is 2.42. The van der Waals surface area contributed by atoms with Crippen molar-refractivity contribution >= 4 is 11.9 Å². The molecule has 1 fully saturated rings. The molecule has 8 nitrogen and oxygen atoms in total. The average Bonchev–Trinajstić information content (AvgIpc) is 3.24. The first kappa shape index (κ1) is 22.7. The van der Waals surface area contributed by atoms with Crippen molar-refractivity contribution in [2.45, 2.75) is 39.0 Å². The highest BCUT2D eigenvalue weighted by molar-refractivity contribution is 5.92. The number of aryl methyl sites for hydroxylation is 1. The summed E-state index contributed by atoms with van der Waals surface area (Å²) in [5.41, 5.74) is 2.66. The topological polar surface area (TPSA) is 95.3 Å². The molecule has 33 heavy (non-hydrogen) atoms. The van der Waals surface area contributed by atoms with E-state index in [-0.39, 0.29) is 30.2 Å². The Morgan fingerprint density at radius 1 is 1.18 bits per heavy atom. The van der Waals surface area contributed by atoms with Gasteiger partial charge in [0.1, 0.15) is 0 Å². The van der Waals surface area contributed by atoms with E-state index in [4.69, 9.17) is 9.47 Å². The molecule has 3 aromatic rings. The first-order valence-corrected chi connectivity index (χ1v) is 11.0. The average molecular weight is 449 g/mol. The second-order valence-corrected chi connectivity index (χ2v) is 8.76. The molecule has 4 rings (SSSR count). The van der Waals surface area contributed by atoms with Crippen LogP contribution in [0.3, 0.4) is 0 Å². The van der Waals surface area contributed by atoms with Gasteiger partial charge in [0.15, 0.2) is 12.0 Å². The maximum absolute atomic E-state index is 12.8. The minimum atomic E-state index is -0.864. The van der Waals surface area contributed by atoms with Crippen molar-refractivity contribution in [2.75, 3.05) is 6.61 Å². The lowest BCUT2D eigenvalue weighted by Crippen LogP contribution is -2.49. The molecule has 0 radical (unpaired) electrons. The minimum absolute atomic E-state index is 0.225. The maximum atomic E-state index is 12.8. The number of rotatable bonds is 7. The first-order valence-electron chi connectivity index (χ1n) is 11.0. The lowest BCUT2D eigenvalue weighted by molar-refractivity contribution is -0.219. The number of nitrogens with one attached hydrogen (secondary N) is 1. The molecule has 3 atom stereocenters. The maximum Gasteiger partial charge on any atom is 0.316 e. The molecule has 0 bridgehead atoms. The summed E-state index contributed by atoms with van der Waals surface area (Å²) in [6.45, 7) is 3.73. The zero-order valence-corrected chi connectivity index (χ0v) is 19.0. The van der Waals surface area contributed by atoms with Crippen molar-refractivity contribution < 1.29 is 19.1 Å². The molecule has 1 amide bonds. The fourth-order valence-corrected chi connectivity index (χ4v) is 4.01. The summed E-state index contributed by atoms with van der Waals surface area (Å²) < 4.78 is 12.4. The molecular formula is C25H28N4O4. The van der Waals surface area contributed by atoms with Gasteiger partial charge in [0.05, 0.1) is 18.2 Å². The van der Waals surface area contributed by atoms with Crippen LogP contribution in [0.15, 0.2) is 60.8 Å². The Labute approximate surface area is 192 Å². The number of nitrogens with zero attached hydrogens (tertiary/aromatic N) is 3. The van der Waals surface area contributed by atoms with E-state index in [1.54, 1.807) is 27.1 Å². The molecule has 1 aromatic heterocycles. The van der Waals surface area contributed by atoms with E-state index in [2.05, 4.69) is 39.9 Å². The van der Waals surface area contributed by atoms with Gasteiger partial charge in [-0.3, -0.25) is 14.3 Å². The van der Waals surface area contributed by atoms with Crippen molar-refractivity contribution in [3.63, 3.8) is 0 Å². The van der Waals surface area contributed by atoms with Gasteiger partial charge >= 0.3 is 5.97 Å². The highest BCUT2D eigenvalue weighted by Crippen LogP contribution is 2.32. The zero-order chi connectivity index (χ0) is 23.4. The Kier molecular flexibility index (Phi) is 6.55. The molecule has 1 unspecified atom stereocenters. The first-order chi connectivity index (χ1) is 15.8. The Balaban J connectivity index is 1.53. The van der Waals surface area contributed by atoms with Crippen LogP contribution in [0.25, 0.3) is 11.1 Å². The van der Waals surface area contributed by atoms with E-state index in [1.807, 2.05) is 30.3 Å². The van der Waals surface area contributed by atoms with Crippen LogP contribution in [-0.2, 0) is 27.7 Å². The summed E-state index contributed by atoms with van der Waals surface area (Å²) in [5, 5.41) is 10.8. The second-order valence-electron chi connectivity index (χ2n) is 8.76. The summed E-state index contributed by atoms with van der Waals surface area (Å²) in [6.07, 6.45) is 1.90. The predicted molar refractivity (Wildman–Crippen MR) is 122 cm³/mol. The van der Waals surface area contributed by atoms with Crippen LogP contribution in [-0.4, -0.2) is 45.8 Å². The van der Waals surface area contributed by atoms with Gasteiger partial charge in [-0.2, -0.15) is 0 Å². The number of cyclic esters (lactones) is 1. The molecule has 1 aliphatic heterocycles. The molecular weight excluding hydrogens is 420 g/mol. The third-order valence-electron chi connectivity index (χ3n) is 5.81. The molecule has 172 valence electrons. The van der Waals surface area contributed by atoms with E-state index in [9.17, 15) is 9.59 Å². The molecule has 2 heterocycles. The van der Waals surface area contributed by atoms with Gasteiger partial charge in [-0.15, -0.1) is 5.10 Å². The van der Waals surface area contributed by atoms with E-state index >= 15 is 0 Å².